The first kappa shape index (κ1) is 27.5. The number of amides is 2. The number of benzene rings is 2. The Morgan fingerprint density at radius 2 is 1.76 bits per heavy atom. The highest BCUT2D eigenvalue weighted by Crippen LogP contribution is 2.23. The number of nitrogens with one attached hydrogen (secondary N) is 1. The summed E-state index contributed by atoms with van der Waals surface area (Å²) in [4.78, 5) is 27.7. The number of ether oxygens (including phenoxy) is 1. The minimum Gasteiger partial charge on any atom is -0.497 e. The molecule has 2 aromatic rings. The number of methoxy groups -OCH3 is 1. The molecule has 0 aliphatic heterocycles. The van der Waals surface area contributed by atoms with Gasteiger partial charge in [-0.25, -0.2) is 8.42 Å². The van der Waals surface area contributed by atoms with Crippen LogP contribution >= 0.6 is 11.6 Å². The van der Waals surface area contributed by atoms with Gasteiger partial charge in [0.25, 0.3) is 0 Å². The van der Waals surface area contributed by atoms with Gasteiger partial charge in [-0.05, 0) is 48.7 Å². The quantitative estimate of drug-likeness (QED) is 0.501. The Labute approximate surface area is 206 Å². The van der Waals surface area contributed by atoms with Crippen LogP contribution in [0, 0.1) is 5.92 Å². The number of sulfonamides is 1. The van der Waals surface area contributed by atoms with Crippen LogP contribution in [0.4, 0.5) is 5.69 Å². The molecule has 0 aliphatic carbocycles. The van der Waals surface area contributed by atoms with Gasteiger partial charge in [0.05, 0.1) is 19.1 Å². The van der Waals surface area contributed by atoms with E-state index < -0.39 is 28.5 Å². The predicted molar refractivity (Wildman–Crippen MR) is 134 cm³/mol. The van der Waals surface area contributed by atoms with Crippen molar-refractivity contribution in [1.29, 1.82) is 0 Å². The second kappa shape index (κ2) is 12.1. The maximum atomic E-state index is 13.5. The number of anilines is 1. The standard InChI is InChI=1S/C24H32ClN3O5S/c1-17(2)14-26-24(30)18(3)27(15-19-8-6-11-22(12-19)33-4)23(29)16-28(34(5,31)32)21-10-7-9-20(25)13-21/h6-13,17-18H,14-16H2,1-5H3,(H,26,30)/t18-/m1/s1. The number of rotatable bonds is 11. The molecular weight excluding hydrogens is 478 g/mol. The van der Waals surface area contributed by atoms with Crippen LogP contribution in [0.2, 0.25) is 5.02 Å². The molecule has 186 valence electrons. The highest BCUT2D eigenvalue weighted by Gasteiger charge is 2.30. The molecule has 2 rings (SSSR count). The zero-order valence-corrected chi connectivity index (χ0v) is 21.7. The Hall–Kier alpha value is -2.78. The van der Waals surface area contributed by atoms with Crippen LogP contribution in [-0.2, 0) is 26.2 Å². The van der Waals surface area contributed by atoms with Crippen molar-refractivity contribution < 1.29 is 22.7 Å². The van der Waals surface area contributed by atoms with Gasteiger partial charge in [0, 0.05) is 18.1 Å². The summed E-state index contributed by atoms with van der Waals surface area (Å²) in [5.74, 6) is -0.000216. The first-order valence-electron chi connectivity index (χ1n) is 10.9. The van der Waals surface area contributed by atoms with Crippen molar-refractivity contribution >= 4 is 39.1 Å². The molecule has 8 nitrogen and oxygen atoms in total. The van der Waals surface area contributed by atoms with Crippen molar-refractivity contribution in [3.05, 3.63) is 59.1 Å². The summed E-state index contributed by atoms with van der Waals surface area (Å²) in [6, 6.07) is 12.6. The van der Waals surface area contributed by atoms with E-state index in [1.54, 1.807) is 50.4 Å². The van der Waals surface area contributed by atoms with E-state index in [0.29, 0.717) is 17.3 Å². The summed E-state index contributed by atoms with van der Waals surface area (Å²) >= 11 is 6.04. The zero-order chi connectivity index (χ0) is 25.5. The summed E-state index contributed by atoms with van der Waals surface area (Å²) in [5, 5.41) is 3.18. The van der Waals surface area contributed by atoms with Crippen molar-refractivity contribution in [2.75, 3.05) is 30.8 Å². The molecule has 0 radical (unpaired) electrons. The molecule has 2 aromatic carbocycles. The fourth-order valence-corrected chi connectivity index (χ4v) is 4.27. The van der Waals surface area contributed by atoms with E-state index in [4.69, 9.17) is 16.3 Å². The largest absolute Gasteiger partial charge is 0.497 e. The molecule has 0 unspecified atom stereocenters. The molecule has 10 heteroatoms. The van der Waals surface area contributed by atoms with Crippen LogP contribution in [0.15, 0.2) is 48.5 Å². The molecule has 1 atom stereocenters. The third-order valence-corrected chi connectivity index (χ3v) is 6.49. The van der Waals surface area contributed by atoms with E-state index in [1.165, 1.54) is 11.0 Å². The van der Waals surface area contributed by atoms with Gasteiger partial charge in [0.15, 0.2) is 0 Å². The second-order valence-corrected chi connectivity index (χ2v) is 10.8. The monoisotopic (exact) mass is 509 g/mol. The van der Waals surface area contributed by atoms with Crippen molar-refractivity contribution in [2.45, 2.75) is 33.4 Å². The third kappa shape index (κ3) is 7.92. The van der Waals surface area contributed by atoms with Gasteiger partial charge < -0.3 is 15.0 Å². The molecule has 34 heavy (non-hydrogen) atoms. The molecule has 0 heterocycles. The second-order valence-electron chi connectivity index (χ2n) is 8.44. The Morgan fingerprint density at radius 3 is 2.35 bits per heavy atom. The van der Waals surface area contributed by atoms with Gasteiger partial charge in [-0.1, -0.05) is 43.6 Å². The third-order valence-electron chi connectivity index (χ3n) is 5.11. The number of nitrogens with zero attached hydrogens (tertiary/aromatic N) is 2. The first-order chi connectivity index (χ1) is 15.9. The van der Waals surface area contributed by atoms with Crippen molar-refractivity contribution in [2.24, 2.45) is 5.92 Å². The SMILES string of the molecule is COc1cccc(CN(C(=O)CN(c2cccc(Cl)c2)S(C)(=O)=O)[C@H](C)C(=O)NCC(C)C)c1. The summed E-state index contributed by atoms with van der Waals surface area (Å²) in [6.07, 6.45) is 1.02. The lowest BCUT2D eigenvalue weighted by Gasteiger charge is -2.31. The fraction of sp³-hybridized carbons (Fsp3) is 0.417. The average molecular weight is 510 g/mol. The van der Waals surface area contributed by atoms with Crippen LogP contribution in [0.1, 0.15) is 26.3 Å². The maximum Gasteiger partial charge on any atom is 0.244 e. The summed E-state index contributed by atoms with van der Waals surface area (Å²) in [7, 11) is -2.27. The van der Waals surface area contributed by atoms with Crippen LogP contribution in [-0.4, -0.2) is 57.6 Å². The lowest BCUT2D eigenvalue weighted by molar-refractivity contribution is -0.139. The van der Waals surface area contributed by atoms with Crippen molar-refractivity contribution in [3.63, 3.8) is 0 Å². The number of halogens is 1. The van der Waals surface area contributed by atoms with Crippen molar-refractivity contribution in [1.82, 2.24) is 10.2 Å². The Kier molecular flexibility index (Phi) is 9.76. The fourth-order valence-electron chi connectivity index (χ4n) is 3.25. The zero-order valence-electron chi connectivity index (χ0n) is 20.1. The Balaban J connectivity index is 2.38. The highest BCUT2D eigenvalue weighted by molar-refractivity contribution is 7.92. The molecule has 1 N–H and O–H groups in total. The van der Waals surface area contributed by atoms with Gasteiger partial charge in [-0.2, -0.15) is 0 Å². The molecule has 0 aromatic heterocycles. The molecule has 2 amide bonds. The van der Waals surface area contributed by atoms with Crippen LogP contribution in [0.25, 0.3) is 0 Å². The van der Waals surface area contributed by atoms with Gasteiger partial charge >= 0.3 is 0 Å². The predicted octanol–water partition coefficient (Wildman–Crippen LogP) is 3.30. The molecular formula is C24H32ClN3O5S. The summed E-state index contributed by atoms with van der Waals surface area (Å²) in [5.41, 5.74) is 1.01. The topological polar surface area (TPSA) is 96.0 Å². The summed E-state index contributed by atoms with van der Waals surface area (Å²) in [6.45, 7) is 5.64. The molecule has 0 aliphatic rings. The Morgan fingerprint density at radius 1 is 1.09 bits per heavy atom. The maximum absolute atomic E-state index is 13.5. The molecule has 0 saturated carbocycles. The van der Waals surface area contributed by atoms with Crippen LogP contribution in [0.3, 0.4) is 0 Å². The molecule has 0 fully saturated rings. The molecule has 0 bridgehead atoms. The smallest absolute Gasteiger partial charge is 0.244 e. The van der Waals surface area contributed by atoms with E-state index in [9.17, 15) is 18.0 Å². The first-order valence-corrected chi connectivity index (χ1v) is 13.1. The minimum atomic E-state index is -3.81. The summed E-state index contributed by atoms with van der Waals surface area (Å²) < 4.78 is 31.3. The molecule has 0 spiro atoms. The van der Waals surface area contributed by atoms with Crippen LogP contribution < -0.4 is 14.4 Å². The van der Waals surface area contributed by atoms with Crippen molar-refractivity contribution in [3.8, 4) is 5.75 Å². The van der Waals surface area contributed by atoms with E-state index in [0.717, 1.165) is 16.1 Å². The van der Waals surface area contributed by atoms with Gasteiger partial charge in [-0.3, -0.25) is 13.9 Å². The van der Waals surface area contributed by atoms with E-state index in [-0.39, 0.29) is 24.1 Å². The number of carbonyl (C=O) groups excluding carboxylic acids is 2. The number of hydrogen-bond donors (Lipinski definition) is 1. The lowest BCUT2D eigenvalue weighted by Crippen LogP contribution is -2.51. The van der Waals surface area contributed by atoms with Gasteiger partial charge in [0.1, 0.15) is 18.3 Å². The molecule has 0 saturated heterocycles. The van der Waals surface area contributed by atoms with Gasteiger partial charge in [-0.15, -0.1) is 0 Å². The highest BCUT2D eigenvalue weighted by atomic mass is 35.5. The minimum absolute atomic E-state index is 0.0967. The van der Waals surface area contributed by atoms with Gasteiger partial charge in [0.2, 0.25) is 21.8 Å². The average Bonchev–Trinajstić information content (AvgIpc) is 2.78. The van der Waals surface area contributed by atoms with Crippen LogP contribution in [0.5, 0.6) is 5.75 Å². The van der Waals surface area contributed by atoms with E-state index >= 15 is 0 Å². The normalized spacial score (nSPS) is 12.2. The number of hydrogen-bond acceptors (Lipinski definition) is 5. The number of carbonyl (C=O) groups is 2. The van der Waals surface area contributed by atoms with E-state index in [2.05, 4.69) is 5.32 Å². The Bertz CT molecular complexity index is 1110. The lowest BCUT2D eigenvalue weighted by atomic mass is 10.1. The van der Waals surface area contributed by atoms with E-state index in [1.807, 2.05) is 19.9 Å².